The second kappa shape index (κ2) is 8.52. The lowest BCUT2D eigenvalue weighted by Crippen LogP contribution is -2.59. The maximum absolute atomic E-state index is 11.6. The number of amides is 2. The van der Waals surface area contributed by atoms with E-state index >= 15 is 0 Å². The van der Waals surface area contributed by atoms with Gasteiger partial charge in [-0.1, -0.05) is 30.3 Å². The van der Waals surface area contributed by atoms with Gasteiger partial charge >= 0.3 is 6.03 Å². The Kier molecular flexibility index (Phi) is 7.00. The number of carbonyl (C=O) groups is 1. The number of aliphatic hydroxyl groups is 3. The fourth-order valence-corrected chi connectivity index (χ4v) is 1.69. The first-order valence-corrected chi connectivity index (χ1v) is 6.58. The molecule has 1 aromatic rings. The minimum Gasteiger partial charge on any atom is -0.394 e. The third kappa shape index (κ3) is 5.16. The van der Waals surface area contributed by atoms with Crippen molar-refractivity contribution in [3.8, 4) is 0 Å². The Bertz CT molecular complexity index is 385. The molecule has 1 aromatic carbocycles. The molecule has 0 spiro atoms. The largest absolute Gasteiger partial charge is 0.394 e. The number of hydrogen-bond acceptors (Lipinski definition) is 4. The van der Waals surface area contributed by atoms with Crippen LogP contribution in [0.5, 0.6) is 0 Å². The van der Waals surface area contributed by atoms with Gasteiger partial charge in [-0.2, -0.15) is 0 Å². The molecule has 2 amide bonds. The molecule has 0 aliphatic rings. The van der Waals surface area contributed by atoms with Crippen LogP contribution in [0.15, 0.2) is 30.3 Å². The van der Waals surface area contributed by atoms with Gasteiger partial charge in [-0.15, -0.1) is 0 Å². The quantitative estimate of drug-likeness (QED) is 0.420. The molecule has 0 unspecified atom stereocenters. The maximum atomic E-state index is 11.6. The van der Waals surface area contributed by atoms with Crippen molar-refractivity contribution in [2.45, 2.75) is 18.4 Å². The van der Waals surface area contributed by atoms with Crippen LogP contribution in [0, 0.1) is 0 Å². The van der Waals surface area contributed by atoms with E-state index in [-0.39, 0.29) is 0 Å². The molecule has 20 heavy (non-hydrogen) atoms. The molecule has 0 saturated carbocycles. The van der Waals surface area contributed by atoms with Gasteiger partial charge in [0.25, 0.3) is 0 Å². The number of aliphatic hydroxyl groups excluding tert-OH is 3. The lowest BCUT2D eigenvalue weighted by atomic mass is 10.0. The zero-order valence-corrected chi connectivity index (χ0v) is 11.4. The molecule has 0 saturated heterocycles. The Morgan fingerprint density at radius 3 is 2.20 bits per heavy atom. The van der Waals surface area contributed by atoms with Crippen LogP contribution in [-0.2, 0) is 6.42 Å². The van der Waals surface area contributed by atoms with Gasteiger partial charge in [0.2, 0.25) is 0 Å². The summed E-state index contributed by atoms with van der Waals surface area (Å²) in [5.74, 6) is 0. The second-order valence-electron chi connectivity index (χ2n) is 4.72. The van der Waals surface area contributed by atoms with E-state index in [9.17, 15) is 4.79 Å². The van der Waals surface area contributed by atoms with Crippen LogP contribution in [0.2, 0.25) is 0 Å². The van der Waals surface area contributed by atoms with E-state index in [1.807, 2.05) is 30.3 Å². The second-order valence-corrected chi connectivity index (χ2v) is 4.72. The van der Waals surface area contributed by atoms with Crippen LogP contribution in [-0.4, -0.2) is 53.3 Å². The van der Waals surface area contributed by atoms with Crippen molar-refractivity contribution in [3.05, 3.63) is 35.9 Å². The summed E-state index contributed by atoms with van der Waals surface area (Å²) in [4.78, 5) is 11.6. The number of rotatable bonds is 8. The smallest absolute Gasteiger partial charge is 0.315 e. The van der Waals surface area contributed by atoms with Crippen molar-refractivity contribution in [2.24, 2.45) is 0 Å². The van der Waals surface area contributed by atoms with Crippen LogP contribution in [0.3, 0.4) is 0 Å². The third-order valence-corrected chi connectivity index (χ3v) is 3.06. The molecule has 0 radical (unpaired) electrons. The van der Waals surface area contributed by atoms with Crippen molar-refractivity contribution < 1.29 is 20.1 Å². The number of urea groups is 1. The van der Waals surface area contributed by atoms with Gasteiger partial charge in [0.05, 0.1) is 19.8 Å². The van der Waals surface area contributed by atoms with Gasteiger partial charge in [0, 0.05) is 6.54 Å². The highest BCUT2D eigenvalue weighted by Crippen LogP contribution is 2.02. The van der Waals surface area contributed by atoms with Crippen molar-refractivity contribution in [3.63, 3.8) is 0 Å². The molecule has 0 aliphatic heterocycles. The molecular weight excluding hydrogens is 260 g/mol. The van der Waals surface area contributed by atoms with Crippen molar-refractivity contribution in [1.29, 1.82) is 0 Å². The molecule has 0 aliphatic carbocycles. The standard InChI is InChI=1S/C14H22N2O4/c17-9-14(10-18,11-19)16-13(20)15-8-4-7-12-5-2-1-3-6-12/h1-3,5-6,17-19H,4,7-11H2,(H2,15,16,20). The summed E-state index contributed by atoms with van der Waals surface area (Å²) in [7, 11) is 0. The molecule has 5 N–H and O–H groups in total. The first kappa shape index (κ1) is 16.4. The molecule has 0 bridgehead atoms. The summed E-state index contributed by atoms with van der Waals surface area (Å²) in [6.45, 7) is -1.12. The fourth-order valence-electron chi connectivity index (χ4n) is 1.69. The van der Waals surface area contributed by atoms with Crippen molar-refractivity contribution >= 4 is 6.03 Å². The van der Waals surface area contributed by atoms with Crippen LogP contribution in [0.25, 0.3) is 0 Å². The maximum Gasteiger partial charge on any atom is 0.315 e. The number of aryl methyl sites for hydroxylation is 1. The Hall–Kier alpha value is -1.63. The number of nitrogens with one attached hydrogen (secondary N) is 2. The van der Waals surface area contributed by atoms with E-state index in [4.69, 9.17) is 15.3 Å². The van der Waals surface area contributed by atoms with Crippen LogP contribution >= 0.6 is 0 Å². The molecule has 1 rings (SSSR count). The Morgan fingerprint density at radius 1 is 1.05 bits per heavy atom. The Balaban J connectivity index is 2.26. The number of carbonyl (C=O) groups excluding carboxylic acids is 1. The predicted molar refractivity (Wildman–Crippen MR) is 75.3 cm³/mol. The number of hydrogen-bond donors (Lipinski definition) is 5. The van der Waals surface area contributed by atoms with Gasteiger partial charge in [-0.05, 0) is 18.4 Å². The highest BCUT2D eigenvalue weighted by Gasteiger charge is 2.29. The van der Waals surface area contributed by atoms with E-state index in [0.29, 0.717) is 6.54 Å². The lowest BCUT2D eigenvalue weighted by molar-refractivity contribution is 0.0493. The highest BCUT2D eigenvalue weighted by molar-refractivity contribution is 5.74. The first-order chi connectivity index (χ1) is 9.65. The summed E-state index contributed by atoms with van der Waals surface area (Å²) < 4.78 is 0. The summed E-state index contributed by atoms with van der Waals surface area (Å²) in [5, 5.41) is 32.3. The first-order valence-electron chi connectivity index (χ1n) is 6.58. The molecule has 0 heterocycles. The highest BCUT2D eigenvalue weighted by atomic mass is 16.3. The Labute approximate surface area is 118 Å². The monoisotopic (exact) mass is 282 g/mol. The summed E-state index contributed by atoms with van der Waals surface area (Å²) in [6, 6.07) is 9.41. The zero-order valence-electron chi connectivity index (χ0n) is 11.4. The summed E-state index contributed by atoms with van der Waals surface area (Å²) in [5.41, 5.74) is -0.186. The van der Waals surface area contributed by atoms with Gasteiger partial charge in [-0.3, -0.25) is 0 Å². The molecule has 0 atom stereocenters. The minimum absolute atomic E-state index is 0.471. The topological polar surface area (TPSA) is 102 Å². The molecule has 0 fully saturated rings. The van der Waals surface area contributed by atoms with Gasteiger partial charge < -0.3 is 26.0 Å². The lowest BCUT2D eigenvalue weighted by Gasteiger charge is -2.28. The third-order valence-electron chi connectivity index (χ3n) is 3.06. The SMILES string of the molecule is O=C(NCCCc1ccccc1)NC(CO)(CO)CO. The Morgan fingerprint density at radius 2 is 1.65 bits per heavy atom. The van der Waals surface area contributed by atoms with Gasteiger partial charge in [0.1, 0.15) is 5.54 Å². The van der Waals surface area contributed by atoms with Crippen molar-refractivity contribution in [2.75, 3.05) is 26.4 Å². The van der Waals surface area contributed by atoms with E-state index in [2.05, 4.69) is 10.6 Å². The molecule has 6 nitrogen and oxygen atoms in total. The summed E-state index contributed by atoms with van der Waals surface area (Å²) >= 11 is 0. The minimum atomic E-state index is -1.39. The van der Waals surface area contributed by atoms with Gasteiger partial charge in [-0.25, -0.2) is 4.79 Å². The molecule has 0 aromatic heterocycles. The van der Waals surface area contributed by atoms with E-state index in [1.165, 1.54) is 5.56 Å². The predicted octanol–water partition coefficient (Wildman–Crippen LogP) is -0.366. The van der Waals surface area contributed by atoms with Crippen LogP contribution in [0.4, 0.5) is 4.79 Å². The average Bonchev–Trinajstić information content (AvgIpc) is 2.50. The molecule has 112 valence electrons. The summed E-state index contributed by atoms with van der Waals surface area (Å²) in [6.07, 6.45) is 1.63. The van der Waals surface area contributed by atoms with Crippen LogP contribution in [0.1, 0.15) is 12.0 Å². The molecule has 6 heteroatoms. The van der Waals surface area contributed by atoms with Gasteiger partial charge in [0.15, 0.2) is 0 Å². The average molecular weight is 282 g/mol. The number of benzene rings is 1. The van der Waals surface area contributed by atoms with Crippen molar-refractivity contribution in [1.82, 2.24) is 10.6 Å². The molecular formula is C14H22N2O4. The zero-order chi connectivity index (χ0) is 14.8. The van der Waals surface area contributed by atoms with E-state index < -0.39 is 31.4 Å². The normalized spacial score (nSPS) is 11.2. The van der Waals surface area contributed by atoms with E-state index in [0.717, 1.165) is 12.8 Å². The van der Waals surface area contributed by atoms with E-state index in [1.54, 1.807) is 0 Å². The van der Waals surface area contributed by atoms with Crippen LogP contribution < -0.4 is 10.6 Å². The fraction of sp³-hybridized carbons (Fsp3) is 0.500.